The first-order valence-corrected chi connectivity index (χ1v) is 10.0. The number of rotatable bonds is 9. The van der Waals surface area contributed by atoms with Crippen LogP contribution in [-0.2, 0) is 24.4 Å². The number of hydrogen-bond acceptors (Lipinski definition) is 5. The largest absolute Gasteiger partial charge is 0.486 e. The van der Waals surface area contributed by atoms with E-state index in [0.29, 0.717) is 11.6 Å². The minimum Gasteiger partial charge on any atom is -0.486 e. The Morgan fingerprint density at radius 1 is 1.30 bits per heavy atom. The molecular weight excluding hydrogens is 384 g/mol. The second-order valence-electron chi connectivity index (χ2n) is 5.99. The maximum atomic E-state index is 12.3. The summed E-state index contributed by atoms with van der Waals surface area (Å²) in [6.07, 6.45) is 4.01. The van der Waals surface area contributed by atoms with E-state index in [2.05, 4.69) is 22.3 Å². The highest BCUT2D eigenvalue weighted by atomic mass is 35.5. The standard InChI is InChI=1S/C19H21ClN4O2S/c1-2-3-10-24-17(8-9-21-24)23-18(25)11-15-13-27-19(22-15)12-26-16-6-4-14(20)5-7-16/h4-9,13H,2-3,10-12H2,1H3,(H,23,25). The van der Waals surface area contributed by atoms with Crippen LogP contribution in [0.15, 0.2) is 41.9 Å². The zero-order valence-corrected chi connectivity index (χ0v) is 16.6. The van der Waals surface area contributed by atoms with Gasteiger partial charge >= 0.3 is 0 Å². The van der Waals surface area contributed by atoms with Gasteiger partial charge in [-0.05, 0) is 30.7 Å². The molecule has 6 nitrogen and oxygen atoms in total. The Morgan fingerprint density at radius 3 is 2.89 bits per heavy atom. The summed E-state index contributed by atoms with van der Waals surface area (Å²) < 4.78 is 7.49. The minimum atomic E-state index is -0.108. The molecule has 0 fully saturated rings. The van der Waals surface area contributed by atoms with E-state index in [1.165, 1.54) is 11.3 Å². The number of nitrogens with one attached hydrogen (secondary N) is 1. The molecule has 0 aliphatic heterocycles. The van der Waals surface area contributed by atoms with Gasteiger partial charge in [-0.25, -0.2) is 9.67 Å². The third kappa shape index (κ3) is 5.80. The quantitative estimate of drug-likeness (QED) is 0.567. The first-order valence-electron chi connectivity index (χ1n) is 8.77. The predicted octanol–water partition coefficient (Wildman–Crippen LogP) is 4.55. The molecule has 2 aromatic heterocycles. The fraction of sp³-hybridized carbons (Fsp3) is 0.316. The van der Waals surface area contributed by atoms with Gasteiger partial charge in [0.05, 0.1) is 18.3 Å². The molecule has 0 radical (unpaired) electrons. The Labute approximate surface area is 167 Å². The van der Waals surface area contributed by atoms with Crippen LogP contribution < -0.4 is 10.1 Å². The highest BCUT2D eigenvalue weighted by Crippen LogP contribution is 2.18. The second-order valence-corrected chi connectivity index (χ2v) is 7.37. The molecule has 1 aromatic carbocycles. The molecule has 0 unspecified atom stereocenters. The third-order valence-electron chi connectivity index (χ3n) is 3.82. The average Bonchev–Trinajstić information content (AvgIpc) is 3.29. The molecule has 1 amide bonds. The van der Waals surface area contributed by atoms with Crippen molar-refractivity contribution < 1.29 is 9.53 Å². The number of thiazole rings is 1. The summed E-state index contributed by atoms with van der Waals surface area (Å²) in [4.78, 5) is 16.8. The molecule has 142 valence electrons. The van der Waals surface area contributed by atoms with E-state index in [9.17, 15) is 4.79 Å². The number of amides is 1. The highest BCUT2D eigenvalue weighted by Gasteiger charge is 2.11. The minimum absolute atomic E-state index is 0.108. The Morgan fingerprint density at radius 2 is 2.11 bits per heavy atom. The summed E-state index contributed by atoms with van der Waals surface area (Å²) in [7, 11) is 0. The van der Waals surface area contributed by atoms with Crippen LogP contribution in [-0.4, -0.2) is 20.7 Å². The topological polar surface area (TPSA) is 69.0 Å². The first-order chi connectivity index (χ1) is 13.1. The van der Waals surface area contributed by atoms with E-state index < -0.39 is 0 Å². The zero-order chi connectivity index (χ0) is 19.1. The van der Waals surface area contributed by atoms with E-state index >= 15 is 0 Å². The van der Waals surface area contributed by atoms with Gasteiger partial charge in [-0.15, -0.1) is 11.3 Å². The maximum Gasteiger partial charge on any atom is 0.231 e. The van der Waals surface area contributed by atoms with Gasteiger partial charge in [0.25, 0.3) is 0 Å². The number of aromatic nitrogens is 3. The van der Waals surface area contributed by atoms with Crippen molar-refractivity contribution in [2.45, 2.75) is 39.3 Å². The van der Waals surface area contributed by atoms with Crippen molar-refractivity contribution in [3.8, 4) is 5.75 Å². The fourth-order valence-electron chi connectivity index (χ4n) is 2.45. The normalized spacial score (nSPS) is 10.7. The van der Waals surface area contributed by atoms with Gasteiger partial charge < -0.3 is 10.1 Å². The lowest BCUT2D eigenvalue weighted by molar-refractivity contribution is -0.115. The van der Waals surface area contributed by atoms with Gasteiger partial charge in [0.1, 0.15) is 23.2 Å². The summed E-state index contributed by atoms with van der Waals surface area (Å²) in [5.41, 5.74) is 0.729. The van der Waals surface area contributed by atoms with Crippen LogP contribution in [0.3, 0.4) is 0 Å². The predicted molar refractivity (Wildman–Crippen MR) is 107 cm³/mol. The van der Waals surface area contributed by atoms with Crippen molar-refractivity contribution in [3.63, 3.8) is 0 Å². The van der Waals surface area contributed by atoms with Crippen LogP contribution >= 0.6 is 22.9 Å². The van der Waals surface area contributed by atoms with Crippen LogP contribution in [0.25, 0.3) is 0 Å². The van der Waals surface area contributed by atoms with Gasteiger partial charge in [-0.1, -0.05) is 24.9 Å². The number of aryl methyl sites for hydroxylation is 1. The molecule has 3 aromatic rings. The summed E-state index contributed by atoms with van der Waals surface area (Å²) in [5.74, 6) is 1.34. The highest BCUT2D eigenvalue weighted by molar-refractivity contribution is 7.09. The SMILES string of the molecule is CCCCn1nccc1NC(=O)Cc1csc(COc2ccc(Cl)cc2)n1. The molecular formula is C19H21ClN4O2S. The third-order valence-corrected chi connectivity index (χ3v) is 4.95. The van der Waals surface area contributed by atoms with Gasteiger partial charge in [-0.2, -0.15) is 5.10 Å². The summed E-state index contributed by atoms with van der Waals surface area (Å²) in [6.45, 7) is 3.28. The molecule has 1 N–H and O–H groups in total. The number of benzene rings is 1. The van der Waals surface area contributed by atoms with Crippen LogP contribution in [0.5, 0.6) is 5.75 Å². The summed E-state index contributed by atoms with van der Waals surface area (Å²) in [5, 5.41) is 10.5. The summed E-state index contributed by atoms with van der Waals surface area (Å²) in [6, 6.07) is 8.98. The van der Waals surface area contributed by atoms with Crippen LogP contribution in [0.2, 0.25) is 5.02 Å². The molecule has 0 aliphatic carbocycles. The number of anilines is 1. The van der Waals surface area contributed by atoms with Gasteiger partial charge in [0.15, 0.2) is 0 Å². The maximum absolute atomic E-state index is 12.3. The van der Waals surface area contributed by atoms with Crippen LogP contribution in [0.4, 0.5) is 5.82 Å². The van der Waals surface area contributed by atoms with E-state index in [1.807, 2.05) is 22.2 Å². The zero-order valence-electron chi connectivity index (χ0n) is 15.0. The van der Waals surface area contributed by atoms with Gasteiger partial charge in [0, 0.05) is 23.0 Å². The molecule has 0 saturated heterocycles. The monoisotopic (exact) mass is 404 g/mol. The Bertz CT molecular complexity index is 876. The average molecular weight is 405 g/mol. The van der Waals surface area contributed by atoms with Crippen molar-refractivity contribution >= 4 is 34.7 Å². The number of unbranched alkanes of at least 4 members (excludes halogenated alkanes) is 1. The Hall–Kier alpha value is -2.38. The number of carbonyl (C=O) groups excluding carboxylic acids is 1. The number of carbonyl (C=O) groups is 1. The van der Waals surface area contributed by atoms with Crippen LogP contribution in [0, 0.1) is 0 Å². The molecule has 27 heavy (non-hydrogen) atoms. The number of nitrogens with zero attached hydrogens (tertiary/aromatic N) is 3. The Balaban J connectivity index is 1.50. The molecule has 0 bridgehead atoms. The molecule has 0 spiro atoms. The lowest BCUT2D eigenvalue weighted by Gasteiger charge is -2.07. The molecule has 0 saturated carbocycles. The number of halogens is 1. The van der Waals surface area contributed by atoms with E-state index in [1.54, 1.807) is 24.4 Å². The van der Waals surface area contributed by atoms with Gasteiger partial charge in [0.2, 0.25) is 5.91 Å². The van der Waals surface area contributed by atoms with E-state index in [4.69, 9.17) is 16.3 Å². The lowest BCUT2D eigenvalue weighted by atomic mass is 10.3. The van der Waals surface area contributed by atoms with Crippen molar-refractivity contribution in [2.75, 3.05) is 5.32 Å². The Kier molecular flexibility index (Phi) is 6.84. The molecule has 8 heteroatoms. The smallest absolute Gasteiger partial charge is 0.231 e. The van der Waals surface area contributed by atoms with Crippen molar-refractivity contribution in [2.24, 2.45) is 0 Å². The second kappa shape index (κ2) is 9.53. The van der Waals surface area contributed by atoms with Crippen molar-refractivity contribution in [1.82, 2.24) is 14.8 Å². The molecule has 3 rings (SSSR count). The van der Waals surface area contributed by atoms with Crippen molar-refractivity contribution in [1.29, 1.82) is 0 Å². The molecule has 0 atom stereocenters. The van der Waals surface area contributed by atoms with E-state index in [0.717, 1.165) is 41.7 Å². The molecule has 0 aliphatic rings. The molecule has 2 heterocycles. The van der Waals surface area contributed by atoms with Crippen molar-refractivity contribution in [3.05, 3.63) is 57.6 Å². The van der Waals surface area contributed by atoms with Gasteiger partial charge in [-0.3, -0.25) is 4.79 Å². The first kappa shape index (κ1) is 19.4. The number of ether oxygens (including phenoxy) is 1. The van der Waals surface area contributed by atoms with E-state index in [-0.39, 0.29) is 12.3 Å². The van der Waals surface area contributed by atoms with Crippen LogP contribution in [0.1, 0.15) is 30.5 Å². The number of hydrogen-bond donors (Lipinski definition) is 1. The lowest BCUT2D eigenvalue weighted by Crippen LogP contribution is -2.18. The summed E-state index contributed by atoms with van der Waals surface area (Å²) >= 11 is 7.33. The fourth-order valence-corrected chi connectivity index (χ4v) is 3.28.